The summed E-state index contributed by atoms with van der Waals surface area (Å²) in [6.07, 6.45) is 2.32. The summed E-state index contributed by atoms with van der Waals surface area (Å²) in [5.74, 6) is 0.862. The molecule has 1 atom stereocenters. The van der Waals surface area contributed by atoms with Crippen molar-refractivity contribution in [2.75, 3.05) is 0 Å². The third kappa shape index (κ3) is 3.27. The molecule has 1 N–H and O–H groups in total. The fourth-order valence-electron chi connectivity index (χ4n) is 1.65. The lowest BCUT2D eigenvalue weighted by Gasteiger charge is -2.12. The third-order valence-corrected chi connectivity index (χ3v) is 2.63. The summed E-state index contributed by atoms with van der Waals surface area (Å²) in [6, 6.07) is 5.78. The molecule has 0 spiro atoms. The number of aromatic nitrogens is 2. The molecule has 0 radical (unpaired) electrons. The molecule has 7 nitrogen and oxygen atoms in total. The lowest BCUT2D eigenvalue weighted by Crippen LogP contribution is -2.04. The van der Waals surface area contributed by atoms with Gasteiger partial charge in [0.25, 0.3) is 5.69 Å². The molecule has 0 bridgehead atoms. The van der Waals surface area contributed by atoms with Crippen LogP contribution < -0.4 is 4.74 Å². The number of nitro groups is 1. The Morgan fingerprint density at radius 2 is 2.10 bits per heavy atom. The summed E-state index contributed by atoms with van der Waals surface area (Å²) in [7, 11) is 0. The minimum Gasteiger partial charge on any atom is -0.485 e. The Morgan fingerprint density at radius 3 is 2.70 bits per heavy atom. The van der Waals surface area contributed by atoms with Gasteiger partial charge in [0.15, 0.2) is 5.82 Å². The van der Waals surface area contributed by atoms with Crippen LogP contribution in [0, 0.1) is 10.1 Å². The SMILES string of the molecule is C[C@@H](O)c1cc([N+](=O)[O-])ccc1OCc1ncccn1. The van der Waals surface area contributed by atoms with Crippen LogP contribution in [0.5, 0.6) is 5.75 Å². The van der Waals surface area contributed by atoms with Gasteiger partial charge in [-0.2, -0.15) is 0 Å². The normalized spacial score (nSPS) is 11.9. The standard InChI is InChI=1S/C13H13N3O4/c1-9(17)11-7-10(16(18)19)3-4-12(11)20-8-13-14-5-2-6-15-13/h2-7,9,17H,8H2,1H3/t9-/m1/s1. The van der Waals surface area contributed by atoms with Crippen molar-refractivity contribution in [3.05, 3.63) is 58.2 Å². The van der Waals surface area contributed by atoms with Crippen LogP contribution in [-0.4, -0.2) is 20.0 Å². The second-order valence-corrected chi connectivity index (χ2v) is 4.11. The van der Waals surface area contributed by atoms with Crippen molar-refractivity contribution >= 4 is 5.69 Å². The van der Waals surface area contributed by atoms with Gasteiger partial charge in [0, 0.05) is 30.1 Å². The average molecular weight is 275 g/mol. The summed E-state index contributed by atoms with van der Waals surface area (Å²) in [4.78, 5) is 18.2. The molecule has 0 fully saturated rings. The van der Waals surface area contributed by atoms with E-state index in [2.05, 4.69) is 9.97 Å². The van der Waals surface area contributed by atoms with Gasteiger partial charge in [-0.25, -0.2) is 9.97 Å². The van der Waals surface area contributed by atoms with E-state index < -0.39 is 11.0 Å². The van der Waals surface area contributed by atoms with Crippen molar-refractivity contribution in [1.82, 2.24) is 9.97 Å². The molecule has 104 valence electrons. The highest BCUT2D eigenvalue weighted by atomic mass is 16.6. The minimum absolute atomic E-state index is 0.0933. The summed E-state index contributed by atoms with van der Waals surface area (Å²) in [5, 5.41) is 20.4. The molecule has 20 heavy (non-hydrogen) atoms. The quantitative estimate of drug-likeness (QED) is 0.662. The fraction of sp³-hybridized carbons (Fsp3) is 0.231. The number of nitro benzene ring substituents is 1. The zero-order chi connectivity index (χ0) is 14.5. The van der Waals surface area contributed by atoms with Gasteiger partial charge in [-0.15, -0.1) is 0 Å². The van der Waals surface area contributed by atoms with Gasteiger partial charge >= 0.3 is 0 Å². The summed E-state index contributed by atoms with van der Waals surface area (Å²) >= 11 is 0. The van der Waals surface area contributed by atoms with Crippen LogP contribution in [0.25, 0.3) is 0 Å². The van der Waals surface area contributed by atoms with Crippen molar-refractivity contribution in [3.8, 4) is 5.75 Å². The Bertz CT molecular complexity index is 602. The minimum atomic E-state index is -0.874. The van der Waals surface area contributed by atoms with Crippen molar-refractivity contribution < 1.29 is 14.8 Å². The number of ether oxygens (including phenoxy) is 1. The van der Waals surface area contributed by atoms with E-state index in [-0.39, 0.29) is 12.3 Å². The molecular formula is C13H13N3O4. The number of hydrogen-bond acceptors (Lipinski definition) is 6. The van der Waals surface area contributed by atoms with Gasteiger partial charge < -0.3 is 9.84 Å². The van der Waals surface area contributed by atoms with E-state index in [1.165, 1.54) is 25.1 Å². The molecule has 0 amide bonds. The van der Waals surface area contributed by atoms with E-state index in [1.54, 1.807) is 18.5 Å². The Balaban J connectivity index is 2.20. The number of non-ortho nitro benzene ring substituents is 1. The predicted molar refractivity (Wildman–Crippen MR) is 70.1 cm³/mol. The first-order valence-corrected chi connectivity index (χ1v) is 5.93. The van der Waals surface area contributed by atoms with Crippen LogP contribution in [0.3, 0.4) is 0 Å². The molecule has 0 aliphatic rings. The first-order valence-electron chi connectivity index (χ1n) is 5.93. The Hall–Kier alpha value is -2.54. The summed E-state index contributed by atoms with van der Waals surface area (Å²) < 4.78 is 5.51. The van der Waals surface area contributed by atoms with E-state index in [9.17, 15) is 15.2 Å². The number of aliphatic hydroxyl groups is 1. The van der Waals surface area contributed by atoms with Gasteiger partial charge in [0.2, 0.25) is 0 Å². The lowest BCUT2D eigenvalue weighted by molar-refractivity contribution is -0.385. The predicted octanol–water partition coefficient (Wildman–Crippen LogP) is 2.02. The maximum absolute atomic E-state index is 10.7. The van der Waals surface area contributed by atoms with E-state index in [1.807, 2.05) is 0 Å². The molecule has 0 aliphatic carbocycles. The smallest absolute Gasteiger partial charge is 0.270 e. The highest BCUT2D eigenvalue weighted by Gasteiger charge is 2.15. The molecule has 0 saturated heterocycles. The Labute approximate surface area is 115 Å². The molecule has 0 unspecified atom stereocenters. The van der Waals surface area contributed by atoms with Crippen molar-refractivity contribution in [2.45, 2.75) is 19.6 Å². The van der Waals surface area contributed by atoms with Crippen LogP contribution in [-0.2, 0) is 6.61 Å². The summed E-state index contributed by atoms with van der Waals surface area (Å²) in [5.41, 5.74) is 0.263. The molecule has 2 rings (SSSR count). The molecule has 1 heterocycles. The third-order valence-electron chi connectivity index (χ3n) is 2.63. The molecule has 2 aromatic rings. The molecule has 1 aromatic carbocycles. The molecule has 0 aliphatic heterocycles. The number of rotatable bonds is 5. The number of benzene rings is 1. The number of nitrogens with zero attached hydrogens (tertiary/aromatic N) is 3. The van der Waals surface area contributed by atoms with Gasteiger partial charge in [-0.05, 0) is 19.1 Å². The van der Waals surface area contributed by atoms with Crippen LogP contribution in [0.15, 0.2) is 36.7 Å². The van der Waals surface area contributed by atoms with Gasteiger partial charge in [0.05, 0.1) is 11.0 Å². The first kappa shape index (κ1) is 13.9. The largest absolute Gasteiger partial charge is 0.485 e. The fourth-order valence-corrected chi connectivity index (χ4v) is 1.65. The first-order chi connectivity index (χ1) is 9.58. The highest BCUT2D eigenvalue weighted by molar-refractivity contribution is 5.44. The van der Waals surface area contributed by atoms with Crippen LogP contribution in [0.4, 0.5) is 5.69 Å². The Morgan fingerprint density at radius 1 is 1.40 bits per heavy atom. The zero-order valence-corrected chi connectivity index (χ0v) is 10.8. The molecular weight excluding hydrogens is 262 g/mol. The monoisotopic (exact) mass is 275 g/mol. The topological polar surface area (TPSA) is 98.4 Å². The molecule has 7 heteroatoms. The van der Waals surface area contributed by atoms with Gasteiger partial charge in [-0.1, -0.05) is 0 Å². The van der Waals surface area contributed by atoms with Crippen molar-refractivity contribution in [1.29, 1.82) is 0 Å². The lowest BCUT2D eigenvalue weighted by atomic mass is 10.1. The molecule has 1 aromatic heterocycles. The van der Waals surface area contributed by atoms with E-state index >= 15 is 0 Å². The van der Waals surface area contributed by atoms with E-state index in [4.69, 9.17) is 4.74 Å². The maximum Gasteiger partial charge on any atom is 0.270 e. The van der Waals surface area contributed by atoms with Crippen molar-refractivity contribution in [2.24, 2.45) is 0 Å². The van der Waals surface area contributed by atoms with Crippen molar-refractivity contribution in [3.63, 3.8) is 0 Å². The van der Waals surface area contributed by atoms with Gasteiger partial charge in [0.1, 0.15) is 12.4 Å². The van der Waals surface area contributed by atoms with Crippen LogP contribution >= 0.6 is 0 Å². The average Bonchev–Trinajstić information content (AvgIpc) is 2.45. The van der Waals surface area contributed by atoms with Gasteiger partial charge in [-0.3, -0.25) is 10.1 Å². The van der Waals surface area contributed by atoms with Crippen LogP contribution in [0.2, 0.25) is 0 Å². The summed E-state index contributed by atoms with van der Waals surface area (Å²) in [6.45, 7) is 1.64. The van der Waals surface area contributed by atoms with Crippen LogP contribution in [0.1, 0.15) is 24.4 Å². The number of aliphatic hydroxyl groups excluding tert-OH is 1. The molecule has 0 saturated carbocycles. The highest BCUT2D eigenvalue weighted by Crippen LogP contribution is 2.29. The second-order valence-electron chi connectivity index (χ2n) is 4.11. The van der Waals surface area contributed by atoms with E-state index in [0.29, 0.717) is 17.1 Å². The second kappa shape index (κ2) is 6.07. The maximum atomic E-state index is 10.7. The number of hydrogen-bond donors (Lipinski definition) is 1. The zero-order valence-electron chi connectivity index (χ0n) is 10.8. The van der Waals surface area contributed by atoms with E-state index in [0.717, 1.165) is 0 Å². The Kier molecular flexibility index (Phi) is 4.21.